The van der Waals surface area contributed by atoms with E-state index in [9.17, 15) is 8.42 Å². The van der Waals surface area contributed by atoms with Crippen LogP contribution in [0.25, 0.3) is 0 Å². The number of hydrogen-bond acceptors (Lipinski definition) is 4. The van der Waals surface area contributed by atoms with Crippen molar-refractivity contribution in [2.24, 2.45) is 5.14 Å². The molecule has 1 aromatic carbocycles. The summed E-state index contributed by atoms with van der Waals surface area (Å²) in [5.41, 5.74) is 6.80. The van der Waals surface area contributed by atoms with E-state index in [4.69, 9.17) is 10.9 Å². The zero-order chi connectivity index (χ0) is 11.9. The third-order valence-electron chi connectivity index (χ3n) is 2.82. The van der Waals surface area contributed by atoms with Crippen molar-refractivity contribution in [3.8, 4) is 0 Å². The lowest BCUT2D eigenvalue weighted by Gasteiger charge is -2.21. The Hall–Kier alpha value is -1.27. The number of sulfonamides is 1. The molecule has 0 heterocycles. The van der Waals surface area contributed by atoms with Crippen LogP contribution in [0.4, 0.5) is 11.4 Å². The van der Waals surface area contributed by atoms with E-state index in [0.29, 0.717) is 6.04 Å². The van der Waals surface area contributed by atoms with Crippen LogP contribution in [0.5, 0.6) is 0 Å². The molecule has 0 atom stereocenters. The van der Waals surface area contributed by atoms with E-state index in [0.717, 1.165) is 18.5 Å². The van der Waals surface area contributed by atoms with Crippen molar-refractivity contribution in [2.45, 2.75) is 23.8 Å². The Morgan fingerprint density at radius 2 is 2.00 bits per heavy atom. The molecule has 16 heavy (non-hydrogen) atoms. The van der Waals surface area contributed by atoms with Crippen LogP contribution in [-0.4, -0.2) is 21.5 Å². The van der Waals surface area contributed by atoms with Gasteiger partial charge in [0, 0.05) is 13.1 Å². The minimum atomic E-state index is -3.75. The molecule has 1 aliphatic carbocycles. The summed E-state index contributed by atoms with van der Waals surface area (Å²) in [6.07, 6.45) is 2.24. The summed E-state index contributed by atoms with van der Waals surface area (Å²) in [6.45, 7) is 0. The van der Waals surface area contributed by atoms with E-state index in [2.05, 4.69) is 0 Å². The van der Waals surface area contributed by atoms with Crippen LogP contribution in [0.3, 0.4) is 0 Å². The zero-order valence-electron chi connectivity index (χ0n) is 9.05. The Balaban J connectivity index is 2.48. The highest BCUT2D eigenvalue weighted by Crippen LogP contribution is 2.35. The average Bonchev–Trinajstić information content (AvgIpc) is 2.98. The third kappa shape index (κ3) is 1.98. The van der Waals surface area contributed by atoms with Gasteiger partial charge in [0.25, 0.3) is 0 Å². The number of para-hydroxylation sites is 1. The molecular weight excluding hydrogens is 226 g/mol. The number of rotatable bonds is 3. The molecular formula is C10H15N3O2S. The lowest BCUT2D eigenvalue weighted by Crippen LogP contribution is -2.22. The van der Waals surface area contributed by atoms with Crippen LogP contribution in [0, 0.1) is 0 Å². The molecule has 0 aliphatic heterocycles. The molecule has 0 bridgehead atoms. The van der Waals surface area contributed by atoms with Crippen molar-refractivity contribution in [1.82, 2.24) is 0 Å². The van der Waals surface area contributed by atoms with Crippen molar-refractivity contribution in [3.05, 3.63) is 18.2 Å². The Morgan fingerprint density at radius 1 is 1.38 bits per heavy atom. The van der Waals surface area contributed by atoms with E-state index in [1.54, 1.807) is 6.07 Å². The Labute approximate surface area is 95.1 Å². The van der Waals surface area contributed by atoms with Gasteiger partial charge in [-0.15, -0.1) is 0 Å². The molecule has 2 rings (SSSR count). The second-order valence-electron chi connectivity index (χ2n) is 4.08. The summed E-state index contributed by atoms with van der Waals surface area (Å²) in [5, 5.41) is 5.09. The van der Waals surface area contributed by atoms with Crippen LogP contribution in [0.15, 0.2) is 23.1 Å². The monoisotopic (exact) mass is 241 g/mol. The lowest BCUT2D eigenvalue weighted by molar-refractivity contribution is 0.598. The summed E-state index contributed by atoms with van der Waals surface area (Å²) < 4.78 is 22.6. The first-order chi connectivity index (χ1) is 7.41. The van der Waals surface area contributed by atoms with Gasteiger partial charge in [-0.25, -0.2) is 13.6 Å². The minimum Gasteiger partial charge on any atom is -0.396 e. The van der Waals surface area contributed by atoms with Gasteiger partial charge in [-0.2, -0.15) is 0 Å². The van der Waals surface area contributed by atoms with Gasteiger partial charge in [0.15, 0.2) is 0 Å². The van der Waals surface area contributed by atoms with Crippen LogP contribution in [-0.2, 0) is 10.0 Å². The first kappa shape index (κ1) is 11.2. The van der Waals surface area contributed by atoms with Gasteiger partial charge in [-0.05, 0) is 25.0 Å². The fraction of sp³-hybridized carbons (Fsp3) is 0.400. The van der Waals surface area contributed by atoms with E-state index in [1.807, 2.05) is 18.0 Å². The van der Waals surface area contributed by atoms with Crippen LogP contribution < -0.4 is 15.8 Å². The number of hydrogen-bond donors (Lipinski definition) is 2. The SMILES string of the molecule is CN(c1cccc(S(N)(=O)=O)c1N)C1CC1. The average molecular weight is 241 g/mol. The molecule has 5 nitrogen and oxygen atoms in total. The van der Waals surface area contributed by atoms with Gasteiger partial charge in [0.1, 0.15) is 4.90 Å². The molecule has 0 saturated heterocycles. The highest BCUT2D eigenvalue weighted by atomic mass is 32.2. The quantitative estimate of drug-likeness (QED) is 0.755. The van der Waals surface area contributed by atoms with E-state index in [1.165, 1.54) is 6.07 Å². The van der Waals surface area contributed by atoms with Gasteiger partial charge in [-0.1, -0.05) is 6.07 Å². The Kier molecular flexibility index (Phi) is 2.55. The molecule has 0 aromatic heterocycles. The molecule has 1 aliphatic rings. The fourth-order valence-corrected chi connectivity index (χ4v) is 2.43. The minimum absolute atomic E-state index is 0.00231. The van der Waals surface area contributed by atoms with Crippen molar-refractivity contribution in [3.63, 3.8) is 0 Å². The van der Waals surface area contributed by atoms with Crippen molar-refractivity contribution >= 4 is 21.4 Å². The van der Waals surface area contributed by atoms with Gasteiger partial charge in [0.05, 0.1) is 11.4 Å². The Bertz CT molecular complexity index is 509. The highest BCUT2D eigenvalue weighted by molar-refractivity contribution is 7.89. The topological polar surface area (TPSA) is 89.4 Å². The van der Waals surface area contributed by atoms with Crippen LogP contribution >= 0.6 is 0 Å². The van der Waals surface area contributed by atoms with Gasteiger partial charge < -0.3 is 10.6 Å². The lowest BCUT2D eigenvalue weighted by atomic mass is 10.2. The number of nitrogens with two attached hydrogens (primary N) is 2. The maximum atomic E-state index is 11.3. The number of primary sulfonamides is 1. The van der Waals surface area contributed by atoms with Gasteiger partial charge >= 0.3 is 0 Å². The predicted molar refractivity (Wildman–Crippen MR) is 63.7 cm³/mol. The zero-order valence-corrected chi connectivity index (χ0v) is 9.87. The number of nitrogens with zero attached hydrogens (tertiary/aromatic N) is 1. The van der Waals surface area contributed by atoms with E-state index < -0.39 is 10.0 Å². The second kappa shape index (κ2) is 3.64. The molecule has 0 amide bonds. The third-order valence-corrected chi connectivity index (χ3v) is 3.79. The summed E-state index contributed by atoms with van der Waals surface area (Å²) >= 11 is 0. The summed E-state index contributed by atoms with van der Waals surface area (Å²) in [5.74, 6) is 0. The number of nitrogen functional groups attached to an aromatic ring is 1. The smallest absolute Gasteiger partial charge is 0.240 e. The van der Waals surface area contributed by atoms with Gasteiger partial charge in [0.2, 0.25) is 10.0 Å². The van der Waals surface area contributed by atoms with Crippen molar-refractivity contribution in [2.75, 3.05) is 17.7 Å². The first-order valence-electron chi connectivity index (χ1n) is 5.05. The van der Waals surface area contributed by atoms with Crippen molar-refractivity contribution in [1.29, 1.82) is 0 Å². The summed E-state index contributed by atoms with van der Waals surface area (Å²) in [7, 11) is -1.83. The molecule has 6 heteroatoms. The Morgan fingerprint density at radius 3 is 2.50 bits per heavy atom. The summed E-state index contributed by atoms with van der Waals surface area (Å²) in [4.78, 5) is 2.00. The number of anilines is 2. The largest absolute Gasteiger partial charge is 0.396 e. The van der Waals surface area contributed by atoms with Crippen LogP contribution in [0.1, 0.15) is 12.8 Å². The van der Waals surface area contributed by atoms with Crippen molar-refractivity contribution < 1.29 is 8.42 Å². The summed E-state index contributed by atoms with van der Waals surface area (Å²) in [6, 6.07) is 5.36. The molecule has 1 saturated carbocycles. The molecule has 0 spiro atoms. The normalized spacial score (nSPS) is 16.1. The highest BCUT2D eigenvalue weighted by Gasteiger charge is 2.28. The molecule has 4 N–H and O–H groups in total. The molecule has 1 aromatic rings. The fourth-order valence-electron chi connectivity index (χ4n) is 1.75. The molecule has 1 fully saturated rings. The predicted octanol–water partition coefficient (Wildman–Crippen LogP) is 0.515. The first-order valence-corrected chi connectivity index (χ1v) is 6.60. The number of benzene rings is 1. The second-order valence-corrected chi connectivity index (χ2v) is 5.61. The standard InChI is InChI=1S/C10H15N3O2S/c1-13(7-5-6-7)8-3-2-4-9(10(8)11)16(12,14)15/h2-4,7H,5-6,11H2,1H3,(H2,12,14,15). The maximum absolute atomic E-state index is 11.3. The van der Waals surface area contributed by atoms with E-state index in [-0.39, 0.29) is 10.6 Å². The molecule has 0 radical (unpaired) electrons. The van der Waals surface area contributed by atoms with Crippen LogP contribution in [0.2, 0.25) is 0 Å². The molecule has 88 valence electrons. The van der Waals surface area contributed by atoms with E-state index >= 15 is 0 Å². The maximum Gasteiger partial charge on any atom is 0.240 e. The molecule has 0 unspecified atom stereocenters. The van der Waals surface area contributed by atoms with Gasteiger partial charge in [-0.3, -0.25) is 0 Å².